The van der Waals surface area contributed by atoms with Crippen LogP contribution >= 0.6 is 11.3 Å². The Labute approximate surface area is 115 Å². The maximum absolute atomic E-state index is 8.95. The molecule has 0 unspecified atom stereocenters. The first-order valence-electron chi connectivity index (χ1n) is 6.15. The van der Waals surface area contributed by atoms with E-state index < -0.39 is 0 Å². The average molecular weight is 274 g/mol. The first-order chi connectivity index (χ1) is 9.28. The second-order valence-electron chi connectivity index (χ2n) is 4.48. The lowest BCUT2D eigenvalue weighted by Gasteiger charge is -2.09. The third-order valence-corrected chi connectivity index (χ3v) is 4.04. The minimum Gasteiger partial charge on any atom is -0.487 e. The van der Waals surface area contributed by atoms with Gasteiger partial charge in [0.25, 0.3) is 0 Å². The molecule has 0 aliphatic heterocycles. The van der Waals surface area contributed by atoms with Gasteiger partial charge in [-0.15, -0.1) is 11.3 Å². The molecule has 3 rings (SSSR count). The number of rotatable bonds is 3. The molecule has 98 valence electrons. The Balaban J connectivity index is 1.81. The SMILES string of the molecule is Cc1nc(COc2cccc3c2CCC3=NO)cs1. The molecule has 0 radical (unpaired) electrons. The number of ether oxygens (including phenoxy) is 1. The maximum atomic E-state index is 8.95. The molecular weight excluding hydrogens is 260 g/mol. The average Bonchev–Trinajstić information content (AvgIpc) is 3.02. The number of fused-ring (bicyclic) bond motifs is 1. The molecule has 0 bridgehead atoms. The van der Waals surface area contributed by atoms with Crippen molar-refractivity contribution in [3.8, 4) is 5.75 Å². The van der Waals surface area contributed by atoms with E-state index in [9.17, 15) is 0 Å². The Hall–Kier alpha value is -1.88. The Kier molecular flexibility index (Phi) is 3.21. The molecule has 19 heavy (non-hydrogen) atoms. The zero-order valence-electron chi connectivity index (χ0n) is 10.6. The van der Waals surface area contributed by atoms with Gasteiger partial charge in [-0.1, -0.05) is 17.3 Å². The zero-order chi connectivity index (χ0) is 13.2. The molecule has 1 N–H and O–H groups in total. The number of nitrogens with zero attached hydrogens (tertiary/aromatic N) is 2. The standard InChI is InChI=1S/C14H14N2O2S/c1-9-15-10(8-19-9)7-18-14-4-2-3-11-12(14)5-6-13(11)16-17/h2-4,8,17H,5-7H2,1H3. The zero-order valence-corrected chi connectivity index (χ0v) is 11.4. The summed E-state index contributed by atoms with van der Waals surface area (Å²) in [5.41, 5.74) is 3.82. The molecule has 4 nitrogen and oxygen atoms in total. The van der Waals surface area contributed by atoms with Crippen LogP contribution < -0.4 is 4.74 Å². The van der Waals surface area contributed by atoms with Crippen molar-refractivity contribution >= 4 is 17.0 Å². The second-order valence-corrected chi connectivity index (χ2v) is 5.54. The Bertz CT molecular complexity index is 634. The van der Waals surface area contributed by atoms with Crippen molar-refractivity contribution in [1.29, 1.82) is 0 Å². The van der Waals surface area contributed by atoms with Crippen molar-refractivity contribution in [3.63, 3.8) is 0 Å². The first-order valence-corrected chi connectivity index (χ1v) is 7.03. The first kappa shape index (κ1) is 12.2. The molecule has 1 aromatic carbocycles. The van der Waals surface area contributed by atoms with Gasteiger partial charge in [0.15, 0.2) is 0 Å². The number of hydrogen-bond acceptors (Lipinski definition) is 5. The van der Waals surface area contributed by atoms with Crippen molar-refractivity contribution in [2.24, 2.45) is 5.16 Å². The lowest BCUT2D eigenvalue weighted by Crippen LogP contribution is -1.99. The van der Waals surface area contributed by atoms with Crippen LogP contribution in [0.4, 0.5) is 0 Å². The van der Waals surface area contributed by atoms with Gasteiger partial charge in [-0.25, -0.2) is 4.98 Å². The van der Waals surface area contributed by atoms with E-state index in [2.05, 4.69) is 10.1 Å². The summed E-state index contributed by atoms with van der Waals surface area (Å²) in [6, 6.07) is 5.85. The van der Waals surface area contributed by atoms with E-state index in [0.29, 0.717) is 6.61 Å². The predicted molar refractivity (Wildman–Crippen MR) is 74.3 cm³/mol. The van der Waals surface area contributed by atoms with Crippen molar-refractivity contribution < 1.29 is 9.94 Å². The van der Waals surface area contributed by atoms with Gasteiger partial charge in [-0.05, 0) is 25.8 Å². The van der Waals surface area contributed by atoms with Crippen molar-refractivity contribution in [2.45, 2.75) is 26.4 Å². The Morgan fingerprint density at radius 1 is 1.42 bits per heavy atom. The molecule has 0 atom stereocenters. The molecule has 0 saturated carbocycles. The number of benzene rings is 1. The highest BCUT2D eigenvalue weighted by Crippen LogP contribution is 2.31. The summed E-state index contributed by atoms with van der Waals surface area (Å²) in [5.74, 6) is 0.863. The molecule has 1 heterocycles. The van der Waals surface area contributed by atoms with Gasteiger partial charge in [0.1, 0.15) is 12.4 Å². The van der Waals surface area contributed by atoms with Gasteiger partial charge in [0.2, 0.25) is 0 Å². The van der Waals surface area contributed by atoms with E-state index >= 15 is 0 Å². The summed E-state index contributed by atoms with van der Waals surface area (Å²) < 4.78 is 5.85. The summed E-state index contributed by atoms with van der Waals surface area (Å²) in [6.45, 7) is 2.46. The molecule has 5 heteroatoms. The molecule has 1 aromatic heterocycles. The molecule has 1 aliphatic carbocycles. The molecule has 0 fully saturated rings. The largest absolute Gasteiger partial charge is 0.487 e. The summed E-state index contributed by atoms with van der Waals surface area (Å²) >= 11 is 1.63. The minimum atomic E-state index is 0.479. The van der Waals surface area contributed by atoms with Gasteiger partial charge in [-0.2, -0.15) is 0 Å². The third-order valence-electron chi connectivity index (χ3n) is 3.22. The van der Waals surface area contributed by atoms with Crippen LogP contribution in [0.1, 0.15) is 28.2 Å². The predicted octanol–water partition coefficient (Wildman–Crippen LogP) is 3.16. The monoisotopic (exact) mass is 274 g/mol. The third kappa shape index (κ3) is 2.33. The summed E-state index contributed by atoms with van der Waals surface area (Å²) in [4.78, 5) is 4.38. The van der Waals surface area contributed by atoms with Gasteiger partial charge in [-0.3, -0.25) is 0 Å². The normalized spacial score (nSPS) is 15.7. The number of thiazole rings is 1. The molecule has 0 saturated heterocycles. The van der Waals surface area contributed by atoms with Crippen LogP contribution in [-0.4, -0.2) is 15.9 Å². The Morgan fingerprint density at radius 3 is 3.05 bits per heavy atom. The highest BCUT2D eigenvalue weighted by molar-refractivity contribution is 7.09. The fraction of sp³-hybridized carbons (Fsp3) is 0.286. The fourth-order valence-electron chi connectivity index (χ4n) is 2.34. The number of aromatic nitrogens is 1. The molecular formula is C14H14N2O2S. The lowest BCUT2D eigenvalue weighted by molar-refractivity contribution is 0.299. The van der Waals surface area contributed by atoms with Crippen LogP contribution in [0.3, 0.4) is 0 Å². The van der Waals surface area contributed by atoms with Crippen LogP contribution in [0.15, 0.2) is 28.7 Å². The van der Waals surface area contributed by atoms with E-state index in [4.69, 9.17) is 9.94 Å². The summed E-state index contributed by atoms with van der Waals surface area (Å²) in [5, 5.41) is 15.4. The van der Waals surface area contributed by atoms with Crippen LogP contribution in [0.2, 0.25) is 0 Å². The molecule has 0 spiro atoms. The summed E-state index contributed by atoms with van der Waals surface area (Å²) in [7, 11) is 0. The fourth-order valence-corrected chi connectivity index (χ4v) is 2.93. The number of hydrogen-bond donors (Lipinski definition) is 1. The van der Waals surface area contributed by atoms with E-state index in [1.165, 1.54) is 0 Å². The van der Waals surface area contributed by atoms with Gasteiger partial charge in [0, 0.05) is 16.5 Å². The number of aryl methyl sites for hydroxylation is 1. The Morgan fingerprint density at radius 2 is 2.32 bits per heavy atom. The maximum Gasteiger partial charge on any atom is 0.131 e. The van der Waals surface area contributed by atoms with Gasteiger partial charge >= 0.3 is 0 Å². The van der Waals surface area contributed by atoms with Crippen LogP contribution in [-0.2, 0) is 13.0 Å². The van der Waals surface area contributed by atoms with E-state index in [0.717, 1.165) is 46.1 Å². The molecule has 0 amide bonds. The van der Waals surface area contributed by atoms with E-state index in [-0.39, 0.29) is 0 Å². The van der Waals surface area contributed by atoms with E-state index in [1.807, 2.05) is 30.5 Å². The lowest BCUT2D eigenvalue weighted by atomic mass is 10.1. The van der Waals surface area contributed by atoms with Crippen LogP contribution in [0.25, 0.3) is 0 Å². The quantitative estimate of drug-likeness (QED) is 0.691. The van der Waals surface area contributed by atoms with Gasteiger partial charge < -0.3 is 9.94 Å². The summed E-state index contributed by atoms with van der Waals surface area (Å²) in [6.07, 6.45) is 1.63. The second kappa shape index (κ2) is 5.01. The van der Waals surface area contributed by atoms with Crippen LogP contribution in [0.5, 0.6) is 5.75 Å². The number of oxime groups is 1. The smallest absolute Gasteiger partial charge is 0.131 e. The van der Waals surface area contributed by atoms with Crippen molar-refractivity contribution in [3.05, 3.63) is 45.4 Å². The van der Waals surface area contributed by atoms with Crippen molar-refractivity contribution in [2.75, 3.05) is 0 Å². The van der Waals surface area contributed by atoms with E-state index in [1.54, 1.807) is 11.3 Å². The van der Waals surface area contributed by atoms with Gasteiger partial charge in [0.05, 0.1) is 16.4 Å². The molecule has 1 aliphatic rings. The highest BCUT2D eigenvalue weighted by atomic mass is 32.1. The van der Waals surface area contributed by atoms with Crippen LogP contribution in [0, 0.1) is 6.92 Å². The van der Waals surface area contributed by atoms with Crippen molar-refractivity contribution in [1.82, 2.24) is 4.98 Å². The topological polar surface area (TPSA) is 54.7 Å². The highest BCUT2D eigenvalue weighted by Gasteiger charge is 2.21. The molecule has 2 aromatic rings. The minimum absolute atomic E-state index is 0.479.